The molecule has 0 radical (unpaired) electrons. The van der Waals surface area contributed by atoms with Crippen LogP contribution in [0.25, 0.3) is 10.2 Å². The first kappa shape index (κ1) is 20.6. The van der Waals surface area contributed by atoms with E-state index in [0.29, 0.717) is 22.7 Å². The van der Waals surface area contributed by atoms with Crippen LogP contribution in [0.3, 0.4) is 0 Å². The Bertz CT molecular complexity index is 1060. The summed E-state index contributed by atoms with van der Waals surface area (Å²) in [5.74, 6) is -0.254. The van der Waals surface area contributed by atoms with Crippen molar-refractivity contribution in [3.05, 3.63) is 46.5 Å². The Balaban J connectivity index is 1.56. The van der Waals surface area contributed by atoms with Crippen molar-refractivity contribution >= 4 is 44.5 Å². The summed E-state index contributed by atoms with van der Waals surface area (Å²) in [5, 5.41) is 13.5. The van der Waals surface area contributed by atoms with Crippen molar-refractivity contribution in [2.24, 2.45) is 0 Å². The molecule has 1 amide bonds. The first-order valence-corrected chi connectivity index (χ1v) is 10.8. The summed E-state index contributed by atoms with van der Waals surface area (Å²) in [6.07, 6.45) is -0.0400. The number of nitrogens with two attached hydrogens (primary N) is 1. The fourth-order valence-corrected chi connectivity index (χ4v) is 4.83. The van der Waals surface area contributed by atoms with Crippen LogP contribution in [0.5, 0.6) is 0 Å². The Hall–Kier alpha value is -2.68. The van der Waals surface area contributed by atoms with E-state index in [2.05, 4.69) is 15.2 Å². The second-order valence-electron chi connectivity index (χ2n) is 7.60. The van der Waals surface area contributed by atoms with Gasteiger partial charge in [-0.15, -0.1) is 11.3 Å². The van der Waals surface area contributed by atoms with Crippen LogP contribution in [0.4, 0.5) is 17.1 Å². The van der Waals surface area contributed by atoms with Crippen molar-refractivity contribution in [1.82, 2.24) is 4.98 Å². The van der Waals surface area contributed by atoms with Gasteiger partial charge in [-0.05, 0) is 56.2 Å². The third-order valence-electron chi connectivity index (χ3n) is 5.13. The minimum absolute atomic E-state index is 0.254. The molecule has 7 nitrogen and oxygen atoms in total. The lowest BCUT2D eigenvalue weighted by Gasteiger charge is -2.28. The summed E-state index contributed by atoms with van der Waals surface area (Å²) < 4.78 is 5.39. The van der Waals surface area contributed by atoms with Gasteiger partial charge in [-0.3, -0.25) is 4.79 Å². The number of morpholine rings is 1. The van der Waals surface area contributed by atoms with Crippen LogP contribution in [0.15, 0.2) is 30.3 Å². The number of aliphatic hydroxyl groups is 1. The van der Waals surface area contributed by atoms with Gasteiger partial charge in [-0.2, -0.15) is 0 Å². The Morgan fingerprint density at radius 1 is 1.33 bits per heavy atom. The van der Waals surface area contributed by atoms with Crippen molar-refractivity contribution in [2.45, 2.75) is 26.4 Å². The average molecular weight is 427 g/mol. The van der Waals surface area contributed by atoms with Gasteiger partial charge in [0.15, 0.2) is 0 Å². The second-order valence-corrected chi connectivity index (χ2v) is 8.60. The first-order chi connectivity index (χ1) is 14.4. The number of aromatic nitrogens is 1. The molecule has 3 heterocycles. The topological polar surface area (TPSA) is 101 Å². The zero-order valence-electron chi connectivity index (χ0n) is 17.1. The van der Waals surface area contributed by atoms with E-state index < -0.39 is 6.10 Å². The Kier molecular flexibility index (Phi) is 5.90. The molecule has 1 aromatic carbocycles. The van der Waals surface area contributed by atoms with E-state index >= 15 is 0 Å². The number of nitrogens with zero attached hydrogens (tertiary/aromatic N) is 2. The van der Waals surface area contributed by atoms with E-state index in [1.807, 2.05) is 37.3 Å². The molecular formula is C22H26N4O3S. The quantitative estimate of drug-likeness (QED) is 0.579. The number of hydrogen-bond acceptors (Lipinski definition) is 7. The molecule has 8 heteroatoms. The third-order valence-corrected chi connectivity index (χ3v) is 6.23. The van der Waals surface area contributed by atoms with E-state index in [0.717, 1.165) is 53.5 Å². The zero-order chi connectivity index (χ0) is 21.3. The molecule has 2 aromatic heterocycles. The Morgan fingerprint density at radius 2 is 2.03 bits per heavy atom. The van der Waals surface area contributed by atoms with Crippen LogP contribution in [0.1, 0.15) is 27.9 Å². The molecule has 1 fully saturated rings. The van der Waals surface area contributed by atoms with Crippen LogP contribution in [0, 0.1) is 6.92 Å². The van der Waals surface area contributed by atoms with Crippen molar-refractivity contribution < 1.29 is 14.6 Å². The van der Waals surface area contributed by atoms with Gasteiger partial charge in [-0.1, -0.05) is 0 Å². The summed E-state index contributed by atoms with van der Waals surface area (Å²) in [7, 11) is 0. The van der Waals surface area contributed by atoms with E-state index in [1.54, 1.807) is 6.92 Å². The molecule has 0 saturated carbocycles. The van der Waals surface area contributed by atoms with Crippen LogP contribution in [-0.2, 0) is 11.2 Å². The molecule has 0 bridgehead atoms. The number of nitrogens with one attached hydrogen (secondary N) is 1. The zero-order valence-corrected chi connectivity index (χ0v) is 18.0. The second kappa shape index (κ2) is 8.59. The van der Waals surface area contributed by atoms with Gasteiger partial charge in [0.05, 0.1) is 25.0 Å². The van der Waals surface area contributed by atoms with Gasteiger partial charge in [-0.25, -0.2) is 4.98 Å². The van der Waals surface area contributed by atoms with Gasteiger partial charge >= 0.3 is 0 Å². The number of carbonyl (C=O) groups excluding carboxylic acids is 1. The molecule has 3 aromatic rings. The number of fused-ring (bicyclic) bond motifs is 1. The predicted molar refractivity (Wildman–Crippen MR) is 122 cm³/mol. The summed E-state index contributed by atoms with van der Waals surface area (Å²) in [4.78, 5) is 20.9. The number of nitrogen functional groups attached to an aromatic ring is 1. The van der Waals surface area contributed by atoms with Gasteiger partial charge in [0, 0.05) is 35.5 Å². The van der Waals surface area contributed by atoms with Crippen molar-refractivity contribution in [1.29, 1.82) is 0 Å². The highest BCUT2D eigenvalue weighted by atomic mass is 32.1. The average Bonchev–Trinajstić information content (AvgIpc) is 3.05. The standard InChI is InChI=1S/C22H26N4O3S/c1-13-11-15(12-14(2)27)18-19(23)20(30-22(18)24-13)21(28)25-16-3-5-17(6-4-16)26-7-9-29-10-8-26/h3-6,11,14,27H,7-10,12,23H2,1-2H3,(H,25,28). The molecule has 4 N–H and O–H groups in total. The number of ether oxygens (including phenoxy) is 1. The summed E-state index contributed by atoms with van der Waals surface area (Å²) in [6.45, 7) is 6.83. The third kappa shape index (κ3) is 4.26. The largest absolute Gasteiger partial charge is 0.397 e. The smallest absolute Gasteiger partial charge is 0.267 e. The monoisotopic (exact) mass is 426 g/mol. The number of amides is 1. The first-order valence-electron chi connectivity index (χ1n) is 10.0. The minimum Gasteiger partial charge on any atom is -0.397 e. The van der Waals surface area contributed by atoms with Gasteiger partial charge in [0.2, 0.25) is 0 Å². The summed E-state index contributed by atoms with van der Waals surface area (Å²) in [6, 6.07) is 9.72. The van der Waals surface area contributed by atoms with Gasteiger partial charge in [0.1, 0.15) is 9.71 Å². The summed E-state index contributed by atoms with van der Waals surface area (Å²) >= 11 is 1.28. The van der Waals surface area contributed by atoms with Gasteiger partial charge in [0.25, 0.3) is 5.91 Å². The van der Waals surface area contributed by atoms with Crippen LogP contribution in [0.2, 0.25) is 0 Å². The number of pyridine rings is 1. The van der Waals surface area contributed by atoms with Crippen molar-refractivity contribution in [2.75, 3.05) is 42.3 Å². The number of hydrogen-bond donors (Lipinski definition) is 3. The Morgan fingerprint density at radius 3 is 2.70 bits per heavy atom. The molecular weight excluding hydrogens is 400 g/mol. The number of rotatable bonds is 5. The molecule has 0 aliphatic carbocycles. The fourth-order valence-electron chi connectivity index (χ4n) is 3.75. The van der Waals surface area contributed by atoms with Crippen LogP contribution in [-0.4, -0.2) is 48.4 Å². The van der Waals surface area contributed by atoms with E-state index in [4.69, 9.17) is 10.5 Å². The number of carbonyl (C=O) groups is 1. The normalized spacial score (nSPS) is 15.4. The molecule has 1 atom stereocenters. The van der Waals surface area contributed by atoms with Crippen LogP contribution >= 0.6 is 11.3 Å². The Labute approximate surface area is 179 Å². The number of anilines is 3. The van der Waals surface area contributed by atoms with E-state index in [-0.39, 0.29) is 5.91 Å². The number of aryl methyl sites for hydroxylation is 1. The number of thiophene rings is 1. The minimum atomic E-state index is -0.503. The lowest BCUT2D eigenvalue weighted by atomic mass is 10.0. The maximum absolute atomic E-state index is 12.9. The molecule has 1 saturated heterocycles. The SMILES string of the molecule is Cc1cc(CC(C)O)c2c(N)c(C(=O)Nc3ccc(N4CCOCC4)cc3)sc2n1. The van der Waals surface area contributed by atoms with Gasteiger partial charge < -0.3 is 25.8 Å². The highest BCUT2D eigenvalue weighted by Gasteiger charge is 2.21. The maximum Gasteiger partial charge on any atom is 0.267 e. The summed E-state index contributed by atoms with van der Waals surface area (Å²) in [5.41, 5.74) is 10.3. The van der Waals surface area contributed by atoms with E-state index in [9.17, 15) is 9.90 Å². The van der Waals surface area contributed by atoms with Crippen LogP contribution < -0.4 is 16.0 Å². The molecule has 30 heavy (non-hydrogen) atoms. The molecule has 0 spiro atoms. The van der Waals surface area contributed by atoms with Crippen molar-refractivity contribution in [3.8, 4) is 0 Å². The predicted octanol–water partition coefficient (Wildman–Crippen LogP) is 3.20. The number of benzene rings is 1. The molecule has 1 aliphatic heterocycles. The molecule has 1 unspecified atom stereocenters. The maximum atomic E-state index is 12.9. The molecule has 4 rings (SSSR count). The van der Waals surface area contributed by atoms with Crippen molar-refractivity contribution in [3.63, 3.8) is 0 Å². The van der Waals surface area contributed by atoms with E-state index in [1.165, 1.54) is 11.3 Å². The fraction of sp³-hybridized carbons (Fsp3) is 0.364. The highest BCUT2D eigenvalue weighted by molar-refractivity contribution is 7.21. The highest BCUT2D eigenvalue weighted by Crippen LogP contribution is 2.36. The lowest BCUT2D eigenvalue weighted by Crippen LogP contribution is -2.36. The molecule has 158 valence electrons. The lowest BCUT2D eigenvalue weighted by molar-refractivity contribution is 0.103. The molecule has 1 aliphatic rings. The number of aliphatic hydroxyl groups excluding tert-OH is 1.